The highest BCUT2D eigenvalue weighted by Crippen LogP contribution is 2.17. The number of benzene rings is 2. The molecule has 164 valence electrons. The van der Waals surface area contributed by atoms with Crippen LogP contribution in [0.2, 0.25) is 0 Å². The lowest BCUT2D eigenvalue weighted by Crippen LogP contribution is -2.36. The van der Waals surface area contributed by atoms with Crippen molar-refractivity contribution in [2.45, 2.75) is 26.6 Å². The van der Waals surface area contributed by atoms with Crippen LogP contribution in [0, 0.1) is 0 Å². The van der Waals surface area contributed by atoms with Crippen molar-refractivity contribution in [3.05, 3.63) is 100.0 Å². The number of hydrogen-bond acceptors (Lipinski definition) is 3. The van der Waals surface area contributed by atoms with Crippen molar-refractivity contribution >= 4 is 29.9 Å². The second kappa shape index (κ2) is 12.8. The fourth-order valence-corrected chi connectivity index (χ4v) is 3.08. The van der Waals surface area contributed by atoms with Gasteiger partial charge in [-0.25, -0.2) is 0 Å². The average Bonchev–Trinajstić information content (AvgIpc) is 2.78. The largest absolute Gasteiger partial charge is 0.494 e. The number of ether oxygens (including phenoxy) is 1. The molecule has 0 unspecified atom stereocenters. The molecule has 0 aliphatic heterocycles. The van der Waals surface area contributed by atoms with Gasteiger partial charge >= 0.3 is 0 Å². The van der Waals surface area contributed by atoms with Crippen LogP contribution in [0.3, 0.4) is 0 Å². The van der Waals surface area contributed by atoms with Crippen LogP contribution in [-0.2, 0) is 19.6 Å². The van der Waals surface area contributed by atoms with Crippen LogP contribution < -0.4 is 20.9 Å². The van der Waals surface area contributed by atoms with Gasteiger partial charge in [-0.1, -0.05) is 48.5 Å². The van der Waals surface area contributed by atoms with E-state index in [1.165, 1.54) is 0 Å². The van der Waals surface area contributed by atoms with Crippen molar-refractivity contribution in [3.63, 3.8) is 0 Å². The van der Waals surface area contributed by atoms with Gasteiger partial charge in [0.15, 0.2) is 5.96 Å². The minimum Gasteiger partial charge on any atom is -0.494 e. The van der Waals surface area contributed by atoms with Crippen LogP contribution in [0.15, 0.2) is 82.7 Å². The molecule has 0 saturated carbocycles. The van der Waals surface area contributed by atoms with Crippen LogP contribution >= 0.6 is 24.0 Å². The van der Waals surface area contributed by atoms with Gasteiger partial charge in [-0.2, -0.15) is 0 Å². The van der Waals surface area contributed by atoms with Gasteiger partial charge in [-0.15, -0.1) is 24.0 Å². The van der Waals surface area contributed by atoms with Crippen molar-refractivity contribution in [1.82, 2.24) is 15.2 Å². The second-order valence-electron chi connectivity index (χ2n) is 6.80. The molecule has 6 nitrogen and oxygen atoms in total. The number of aromatic nitrogens is 1. The van der Waals surface area contributed by atoms with Crippen molar-refractivity contribution < 1.29 is 4.74 Å². The van der Waals surface area contributed by atoms with E-state index in [0.717, 1.165) is 28.4 Å². The van der Waals surface area contributed by atoms with E-state index in [9.17, 15) is 4.79 Å². The number of nitrogens with zero attached hydrogens (tertiary/aromatic N) is 2. The third kappa shape index (κ3) is 7.43. The lowest BCUT2D eigenvalue weighted by molar-refractivity contribution is 0.336. The minimum absolute atomic E-state index is 0. The first-order chi connectivity index (χ1) is 14.7. The summed E-state index contributed by atoms with van der Waals surface area (Å²) >= 11 is 0. The highest BCUT2D eigenvalue weighted by Gasteiger charge is 2.04. The maximum absolute atomic E-state index is 11.8. The molecule has 3 rings (SSSR count). The third-order valence-corrected chi connectivity index (χ3v) is 4.68. The van der Waals surface area contributed by atoms with E-state index in [0.29, 0.717) is 26.2 Å². The Morgan fingerprint density at radius 1 is 0.935 bits per heavy atom. The number of rotatable bonds is 8. The zero-order valence-corrected chi connectivity index (χ0v) is 20.2. The maximum Gasteiger partial charge on any atom is 0.250 e. The predicted molar refractivity (Wildman–Crippen MR) is 136 cm³/mol. The van der Waals surface area contributed by atoms with Gasteiger partial charge in [0.2, 0.25) is 0 Å². The number of halogens is 1. The van der Waals surface area contributed by atoms with Crippen LogP contribution in [0.1, 0.15) is 23.6 Å². The molecule has 0 atom stereocenters. The normalized spacial score (nSPS) is 10.8. The zero-order valence-electron chi connectivity index (χ0n) is 17.9. The quantitative estimate of drug-likeness (QED) is 0.263. The van der Waals surface area contributed by atoms with E-state index < -0.39 is 0 Å². The van der Waals surface area contributed by atoms with Gasteiger partial charge in [0.1, 0.15) is 5.75 Å². The van der Waals surface area contributed by atoms with Gasteiger partial charge in [0.25, 0.3) is 5.56 Å². The Balaban J connectivity index is 0.00000341. The fourth-order valence-electron chi connectivity index (χ4n) is 3.08. The van der Waals surface area contributed by atoms with E-state index in [-0.39, 0.29) is 29.5 Å². The first kappa shape index (κ1) is 24.5. The topological polar surface area (TPSA) is 67.7 Å². The molecule has 0 aliphatic rings. The number of hydrogen-bond donors (Lipinski definition) is 2. The first-order valence-electron chi connectivity index (χ1n) is 10.1. The van der Waals surface area contributed by atoms with Crippen molar-refractivity contribution in [3.8, 4) is 5.75 Å². The van der Waals surface area contributed by atoms with Crippen LogP contribution in [0.4, 0.5) is 0 Å². The Bertz CT molecular complexity index is 1030. The molecule has 0 radical (unpaired) electrons. The molecule has 3 aromatic rings. The van der Waals surface area contributed by atoms with Gasteiger partial charge in [-0.3, -0.25) is 9.79 Å². The summed E-state index contributed by atoms with van der Waals surface area (Å²) in [7, 11) is 1.75. The summed E-state index contributed by atoms with van der Waals surface area (Å²) in [6.45, 7) is 4.46. The Hall–Kier alpha value is -2.81. The summed E-state index contributed by atoms with van der Waals surface area (Å²) in [5.74, 6) is 1.61. The van der Waals surface area contributed by atoms with Gasteiger partial charge < -0.3 is 19.9 Å². The number of nitrogens with one attached hydrogen (secondary N) is 2. The molecular weight excluding hydrogens is 503 g/mol. The molecule has 0 fully saturated rings. The molecule has 1 heterocycles. The van der Waals surface area contributed by atoms with E-state index in [2.05, 4.69) is 27.8 Å². The summed E-state index contributed by atoms with van der Waals surface area (Å²) in [6.07, 6.45) is 1.80. The summed E-state index contributed by atoms with van der Waals surface area (Å²) in [5.41, 5.74) is 3.31. The van der Waals surface area contributed by atoms with Crippen LogP contribution in [0.25, 0.3) is 0 Å². The number of aliphatic imine (C=N–C) groups is 1. The summed E-state index contributed by atoms with van der Waals surface area (Å²) < 4.78 is 7.37. The lowest BCUT2D eigenvalue weighted by Gasteiger charge is -2.14. The van der Waals surface area contributed by atoms with Crippen molar-refractivity contribution in [1.29, 1.82) is 0 Å². The molecule has 2 aromatic carbocycles. The molecule has 0 amide bonds. The Morgan fingerprint density at radius 3 is 2.32 bits per heavy atom. The maximum atomic E-state index is 11.8. The Morgan fingerprint density at radius 2 is 1.61 bits per heavy atom. The second-order valence-corrected chi connectivity index (χ2v) is 6.80. The molecule has 0 bridgehead atoms. The van der Waals surface area contributed by atoms with Gasteiger partial charge in [0, 0.05) is 38.0 Å². The average molecular weight is 532 g/mol. The molecule has 0 saturated heterocycles. The Kier molecular flexibility index (Phi) is 10.1. The third-order valence-electron chi connectivity index (χ3n) is 4.68. The highest BCUT2D eigenvalue weighted by atomic mass is 127. The SMILES string of the molecule is CCOc1ccccc1CNC(=NC)NCc1ccc(Cn2ccccc2=O)cc1.I. The van der Waals surface area contributed by atoms with E-state index >= 15 is 0 Å². The van der Waals surface area contributed by atoms with E-state index in [1.807, 2.05) is 49.4 Å². The fraction of sp³-hybridized carbons (Fsp3) is 0.250. The predicted octanol–water partition coefficient (Wildman–Crippen LogP) is 3.78. The number of guanidine groups is 1. The molecular formula is C24H29IN4O2. The van der Waals surface area contributed by atoms with Gasteiger partial charge in [0.05, 0.1) is 13.2 Å². The van der Waals surface area contributed by atoms with Crippen LogP contribution in [-0.4, -0.2) is 24.2 Å². The molecule has 31 heavy (non-hydrogen) atoms. The molecule has 7 heteroatoms. The van der Waals surface area contributed by atoms with Crippen molar-refractivity contribution in [2.75, 3.05) is 13.7 Å². The Labute approximate surface area is 200 Å². The summed E-state index contributed by atoms with van der Waals surface area (Å²) in [4.78, 5) is 16.1. The summed E-state index contributed by atoms with van der Waals surface area (Å²) in [6, 6.07) is 21.4. The summed E-state index contributed by atoms with van der Waals surface area (Å²) in [5, 5.41) is 6.65. The van der Waals surface area contributed by atoms with E-state index in [1.54, 1.807) is 29.9 Å². The highest BCUT2D eigenvalue weighted by molar-refractivity contribution is 14.0. The standard InChI is InChI=1S/C24H28N4O2.HI/c1-3-30-22-9-5-4-8-21(22)17-27-24(25-2)26-16-19-11-13-20(14-12-19)18-28-15-7-6-10-23(28)29;/h4-15H,3,16-18H2,1-2H3,(H2,25,26,27);1H. The molecule has 0 aliphatic carbocycles. The first-order valence-corrected chi connectivity index (χ1v) is 10.1. The minimum atomic E-state index is 0. The van der Waals surface area contributed by atoms with Crippen molar-refractivity contribution in [2.24, 2.45) is 4.99 Å². The van der Waals surface area contributed by atoms with E-state index in [4.69, 9.17) is 4.74 Å². The molecule has 2 N–H and O–H groups in total. The van der Waals surface area contributed by atoms with Gasteiger partial charge in [-0.05, 0) is 30.2 Å². The molecule has 1 aromatic heterocycles. The zero-order chi connectivity index (χ0) is 21.2. The smallest absolute Gasteiger partial charge is 0.250 e. The van der Waals surface area contributed by atoms with Crippen LogP contribution in [0.5, 0.6) is 5.75 Å². The number of para-hydroxylation sites is 1. The number of pyridine rings is 1. The monoisotopic (exact) mass is 532 g/mol. The lowest BCUT2D eigenvalue weighted by atomic mass is 10.1. The molecule has 0 spiro atoms.